The summed E-state index contributed by atoms with van der Waals surface area (Å²) in [6.45, 7) is 4.04. The molecule has 1 fully saturated rings. The van der Waals surface area contributed by atoms with Crippen LogP contribution in [0.4, 0.5) is 0 Å². The molecule has 0 atom stereocenters. The Bertz CT molecular complexity index is 784. The number of rotatable bonds is 4. The number of carbonyl (C=O) groups is 2. The third kappa shape index (κ3) is 3.69. The number of aromatic nitrogens is 1. The highest BCUT2D eigenvalue weighted by Gasteiger charge is 2.27. The van der Waals surface area contributed by atoms with E-state index in [0.29, 0.717) is 43.2 Å². The minimum absolute atomic E-state index is 0.0536. The first-order chi connectivity index (χ1) is 12.6. The number of carbonyl (C=O) groups excluding carboxylic acids is 2. The lowest BCUT2D eigenvalue weighted by molar-refractivity contribution is 0.0530. The van der Waals surface area contributed by atoms with Gasteiger partial charge in [0.15, 0.2) is 0 Å². The second kappa shape index (κ2) is 7.99. The van der Waals surface area contributed by atoms with Crippen LogP contribution in [0.2, 0.25) is 0 Å². The topological polar surface area (TPSA) is 62.7 Å². The van der Waals surface area contributed by atoms with Crippen molar-refractivity contribution in [2.75, 3.05) is 33.3 Å². The Morgan fingerprint density at radius 2 is 1.73 bits per heavy atom. The quantitative estimate of drug-likeness (QED) is 0.846. The Hall–Kier alpha value is -2.89. The van der Waals surface area contributed by atoms with Crippen LogP contribution in [0, 0.1) is 0 Å². The van der Waals surface area contributed by atoms with Gasteiger partial charge in [-0.15, -0.1) is 0 Å². The molecule has 26 heavy (non-hydrogen) atoms. The van der Waals surface area contributed by atoms with Crippen LogP contribution in [-0.2, 0) is 6.42 Å². The van der Waals surface area contributed by atoms with Crippen molar-refractivity contribution < 1.29 is 14.3 Å². The molecule has 0 spiro atoms. The normalized spacial score (nSPS) is 14.2. The maximum atomic E-state index is 12.9. The van der Waals surface area contributed by atoms with E-state index in [1.54, 1.807) is 41.3 Å². The van der Waals surface area contributed by atoms with Crippen molar-refractivity contribution in [1.29, 1.82) is 0 Å². The van der Waals surface area contributed by atoms with Crippen LogP contribution in [-0.4, -0.2) is 59.9 Å². The molecule has 0 aliphatic carbocycles. The molecule has 1 saturated heterocycles. The minimum Gasteiger partial charge on any atom is -0.496 e. The fourth-order valence-corrected chi connectivity index (χ4v) is 3.08. The molecule has 1 aliphatic rings. The van der Waals surface area contributed by atoms with E-state index in [1.165, 1.54) is 0 Å². The average Bonchev–Trinajstić information content (AvgIpc) is 2.73. The fourth-order valence-electron chi connectivity index (χ4n) is 3.08. The van der Waals surface area contributed by atoms with Gasteiger partial charge < -0.3 is 14.5 Å². The van der Waals surface area contributed by atoms with Gasteiger partial charge in [-0.1, -0.05) is 19.1 Å². The highest BCUT2D eigenvalue weighted by atomic mass is 16.5. The molecular formula is C20H23N3O3. The summed E-state index contributed by atoms with van der Waals surface area (Å²) in [5.74, 6) is 0.435. The molecule has 6 nitrogen and oxygen atoms in total. The van der Waals surface area contributed by atoms with Crippen molar-refractivity contribution in [3.8, 4) is 5.75 Å². The van der Waals surface area contributed by atoms with Crippen LogP contribution >= 0.6 is 0 Å². The zero-order valence-corrected chi connectivity index (χ0v) is 15.1. The Labute approximate surface area is 153 Å². The summed E-state index contributed by atoms with van der Waals surface area (Å²) in [5, 5.41) is 0. The number of hydrogen-bond acceptors (Lipinski definition) is 4. The van der Waals surface area contributed by atoms with Crippen LogP contribution in [0.15, 0.2) is 42.6 Å². The van der Waals surface area contributed by atoms with Gasteiger partial charge in [-0.2, -0.15) is 0 Å². The number of benzene rings is 1. The van der Waals surface area contributed by atoms with Gasteiger partial charge in [-0.3, -0.25) is 14.6 Å². The lowest BCUT2D eigenvalue weighted by atomic mass is 10.1. The molecular weight excluding hydrogens is 330 g/mol. The van der Waals surface area contributed by atoms with Gasteiger partial charge in [0.25, 0.3) is 11.8 Å². The average molecular weight is 353 g/mol. The molecule has 3 rings (SSSR count). The predicted molar refractivity (Wildman–Crippen MR) is 98.4 cm³/mol. The smallest absolute Gasteiger partial charge is 0.272 e. The van der Waals surface area contributed by atoms with E-state index < -0.39 is 0 Å². The first-order valence-electron chi connectivity index (χ1n) is 8.80. The van der Waals surface area contributed by atoms with Crippen molar-refractivity contribution >= 4 is 11.8 Å². The maximum absolute atomic E-state index is 12.9. The lowest BCUT2D eigenvalue weighted by Gasteiger charge is -2.34. The van der Waals surface area contributed by atoms with Crippen LogP contribution in [0.3, 0.4) is 0 Å². The molecule has 0 saturated carbocycles. The van der Waals surface area contributed by atoms with Crippen LogP contribution in [0.25, 0.3) is 0 Å². The van der Waals surface area contributed by atoms with Gasteiger partial charge in [0.1, 0.15) is 11.4 Å². The molecule has 136 valence electrons. The monoisotopic (exact) mass is 353 g/mol. The number of ether oxygens (including phenoxy) is 1. The van der Waals surface area contributed by atoms with Gasteiger partial charge >= 0.3 is 0 Å². The summed E-state index contributed by atoms with van der Waals surface area (Å²) in [7, 11) is 1.57. The van der Waals surface area contributed by atoms with E-state index in [2.05, 4.69) is 11.9 Å². The van der Waals surface area contributed by atoms with E-state index in [0.717, 1.165) is 12.0 Å². The summed E-state index contributed by atoms with van der Waals surface area (Å²) in [5.41, 5.74) is 2.11. The first kappa shape index (κ1) is 17.9. The largest absolute Gasteiger partial charge is 0.496 e. The van der Waals surface area contributed by atoms with Crippen LogP contribution in [0.5, 0.6) is 5.75 Å². The van der Waals surface area contributed by atoms with Crippen molar-refractivity contribution in [3.05, 3.63) is 59.4 Å². The highest BCUT2D eigenvalue weighted by molar-refractivity contribution is 5.97. The van der Waals surface area contributed by atoms with Gasteiger partial charge in [0.05, 0.1) is 12.7 Å². The second-order valence-corrected chi connectivity index (χ2v) is 6.19. The number of amides is 2. The molecule has 0 radical (unpaired) electrons. The van der Waals surface area contributed by atoms with Gasteiger partial charge in [-0.25, -0.2) is 0 Å². The molecule has 1 aromatic carbocycles. The van der Waals surface area contributed by atoms with Crippen molar-refractivity contribution in [1.82, 2.24) is 14.8 Å². The summed E-state index contributed by atoms with van der Waals surface area (Å²) >= 11 is 0. The standard InChI is InChI=1S/C20H23N3O3/c1-3-15-7-8-18(26-2)16(14-15)19(24)22-10-12-23(13-11-22)20(25)17-6-4-5-9-21-17/h4-9,14H,3,10-13H2,1-2H3. The molecule has 6 heteroatoms. The van der Waals surface area contributed by atoms with Gasteiger partial charge in [0.2, 0.25) is 0 Å². The molecule has 2 heterocycles. The minimum atomic E-state index is -0.0942. The zero-order valence-electron chi connectivity index (χ0n) is 15.1. The number of hydrogen-bond donors (Lipinski definition) is 0. The predicted octanol–water partition coefficient (Wildman–Crippen LogP) is 2.25. The number of piperazine rings is 1. The third-order valence-corrected chi connectivity index (χ3v) is 4.64. The number of nitrogens with zero attached hydrogens (tertiary/aromatic N) is 3. The van der Waals surface area contributed by atoms with Crippen molar-refractivity contribution in [3.63, 3.8) is 0 Å². The van der Waals surface area contributed by atoms with Crippen LogP contribution < -0.4 is 4.74 Å². The van der Waals surface area contributed by atoms with Crippen molar-refractivity contribution in [2.45, 2.75) is 13.3 Å². The first-order valence-corrected chi connectivity index (χ1v) is 8.80. The Kier molecular flexibility index (Phi) is 5.51. The molecule has 0 bridgehead atoms. The SMILES string of the molecule is CCc1ccc(OC)c(C(=O)N2CCN(C(=O)c3ccccn3)CC2)c1. The number of methoxy groups -OCH3 is 1. The molecule has 0 N–H and O–H groups in total. The molecule has 2 aromatic rings. The summed E-state index contributed by atoms with van der Waals surface area (Å²) in [6.07, 6.45) is 2.47. The van der Waals surface area contributed by atoms with Crippen LogP contribution in [0.1, 0.15) is 33.3 Å². The molecule has 1 aromatic heterocycles. The molecule has 0 unspecified atom stereocenters. The maximum Gasteiger partial charge on any atom is 0.272 e. The molecule has 2 amide bonds. The summed E-state index contributed by atoms with van der Waals surface area (Å²) in [6, 6.07) is 11.0. The van der Waals surface area contributed by atoms with Gasteiger partial charge in [-0.05, 0) is 36.2 Å². The molecule has 1 aliphatic heterocycles. The summed E-state index contributed by atoms with van der Waals surface area (Å²) in [4.78, 5) is 33.0. The lowest BCUT2D eigenvalue weighted by Crippen LogP contribution is -2.50. The number of aryl methyl sites for hydroxylation is 1. The Balaban J connectivity index is 1.68. The number of pyridine rings is 1. The van der Waals surface area contributed by atoms with E-state index in [1.807, 2.05) is 18.2 Å². The van der Waals surface area contributed by atoms with E-state index in [9.17, 15) is 9.59 Å². The highest BCUT2D eigenvalue weighted by Crippen LogP contribution is 2.23. The van der Waals surface area contributed by atoms with E-state index in [4.69, 9.17) is 4.74 Å². The zero-order chi connectivity index (χ0) is 18.5. The second-order valence-electron chi connectivity index (χ2n) is 6.19. The Morgan fingerprint density at radius 1 is 1.04 bits per heavy atom. The summed E-state index contributed by atoms with van der Waals surface area (Å²) < 4.78 is 5.35. The van der Waals surface area contributed by atoms with E-state index >= 15 is 0 Å². The third-order valence-electron chi connectivity index (χ3n) is 4.64. The van der Waals surface area contributed by atoms with E-state index in [-0.39, 0.29) is 11.8 Å². The Morgan fingerprint density at radius 3 is 2.31 bits per heavy atom. The van der Waals surface area contributed by atoms with Crippen molar-refractivity contribution in [2.24, 2.45) is 0 Å². The fraction of sp³-hybridized carbons (Fsp3) is 0.350. The van der Waals surface area contributed by atoms with Gasteiger partial charge in [0, 0.05) is 32.4 Å².